The SMILES string of the molecule is COC(=O)N[C@H](C(=O)Cc1cccc(F)c1CC[C@@H]1CN[C@H](COC(=O)CCC(C)(C)O)CO1)C(c1ccc(F)cc1)c1ccc(F)cc1. The summed E-state index contributed by atoms with van der Waals surface area (Å²) in [7, 11) is 1.16. The lowest BCUT2D eigenvalue weighted by Crippen LogP contribution is -2.49. The topological polar surface area (TPSA) is 123 Å². The van der Waals surface area contributed by atoms with E-state index in [1.165, 1.54) is 60.7 Å². The van der Waals surface area contributed by atoms with Crippen molar-refractivity contribution in [3.8, 4) is 0 Å². The van der Waals surface area contributed by atoms with Gasteiger partial charge in [-0.1, -0.05) is 36.4 Å². The van der Waals surface area contributed by atoms with Gasteiger partial charge in [-0.25, -0.2) is 18.0 Å². The Morgan fingerprint density at radius 1 is 1.00 bits per heavy atom. The van der Waals surface area contributed by atoms with Crippen molar-refractivity contribution in [1.82, 2.24) is 10.6 Å². The van der Waals surface area contributed by atoms with E-state index in [-0.39, 0.29) is 51.0 Å². The van der Waals surface area contributed by atoms with Crippen LogP contribution in [-0.2, 0) is 36.6 Å². The van der Waals surface area contributed by atoms with Gasteiger partial charge in [-0.15, -0.1) is 0 Å². The Hall–Kier alpha value is -4.26. The maximum atomic E-state index is 15.3. The number of esters is 1. The molecule has 0 bridgehead atoms. The Balaban J connectivity index is 1.45. The minimum atomic E-state index is -1.23. The first kappa shape index (κ1) is 37.6. The van der Waals surface area contributed by atoms with Gasteiger partial charge in [0, 0.05) is 25.3 Å². The fraction of sp³-hybridized carbons (Fsp3) is 0.432. The van der Waals surface area contributed by atoms with Crippen molar-refractivity contribution >= 4 is 17.8 Å². The Kier molecular flexibility index (Phi) is 13.3. The van der Waals surface area contributed by atoms with Crippen molar-refractivity contribution < 1.29 is 46.9 Å². The number of alkyl carbamates (subject to hydrolysis) is 1. The van der Waals surface area contributed by atoms with Crippen molar-refractivity contribution in [1.29, 1.82) is 0 Å². The third-order valence-corrected chi connectivity index (χ3v) is 8.45. The molecule has 0 unspecified atom stereocenters. The molecule has 1 saturated heterocycles. The number of benzene rings is 3. The fourth-order valence-electron chi connectivity index (χ4n) is 5.74. The van der Waals surface area contributed by atoms with Gasteiger partial charge in [0.15, 0.2) is 5.78 Å². The predicted molar refractivity (Wildman–Crippen MR) is 175 cm³/mol. The molecule has 3 atom stereocenters. The summed E-state index contributed by atoms with van der Waals surface area (Å²) in [5.41, 5.74) is 0.789. The molecule has 1 heterocycles. The highest BCUT2D eigenvalue weighted by atomic mass is 19.1. The third kappa shape index (κ3) is 11.4. The molecule has 4 rings (SSSR count). The molecule has 0 spiro atoms. The number of amides is 1. The van der Waals surface area contributed by atoms with Crippen molar-refractivity contribution in [2.75, 3.05) is 26.9 Å². The minimum absolute atomic E-state index is 0.103. The van der Waals surface area contributed by atoms with Crippen LogP contribution < -0.4 is 10.6 Å². The Morgan fingerprint density at radius 2 is 1.63 bits per heavy atom. The lowest BCUT2D eigenvalue weighted by atomic mass is 9.81. The Morgan fingerprint density at radius 3 is 2.18 bits per heavy atom. The summed E-state index contributed by atoms with van der Waals surface area (Å²) in [6.45, 7) is 4.09. The monoisotopic (exact) mass is 684 g/mol. The summed E-state index contributed by atoms with van der Waals surface area (Å²) >= 11 is 0. The van der Waals surface area contributed by atoms with Crippen LogP contribution in [0.25, 0.3) is 0 Å². The highest BCUT2D eigenvalue weighted by Gasteiger charge is 2.33. The molecule has 0 saturated carbocycles. The van der Waals surface area contributed by atoms with Crippen molar-refractivity contribution in [3.63, 3.8) is 0 Å². The Bertz CT molecular complexity index is 1510. The zero-order chi connectivity index (χ0) is 35.6. The molecule has 12 heteroatoms. The predicted octanol–water partition coefficient (Wildman–Crippen LogP) is 5.16. The first-order valence-electron chi connectivity index (χ1n) is 16.2. The van der Waals surface area contributed by atoms with E-state index in [2.05, 4.69) is 10.6 Å². The van der Waals surface area contributed by atoms with Crippen LogP contribution in [0.2, 0.25) is 0 Å². The summed E-state index contributed by atoms with van der Waals surface area (Å²) in [5.74, 6) is -3.20. The fourth-order valence-corrected chi connectivity index (χ4v) is 5.74. The van der Waals surface area contributed by atoms with E-state index in [9.17, 15) is 28.3 Å². The van der Waals surface area contributed by atoms with Gasteiger partial charge in [0.25, 0.3) is 0 Å². The van der Waals surface area contributed by atoms with Crippen LogP contribution in [-0.4, -0.2) is 73.6 Å². The molecule has 3 N–H and O–H groups in total. The number of carbonyl (C=O) groups excluding carboxylic acids is 3. The number of ether oxygens (including phenoxy) is 3. The highest BCUT2D eigenvalue weighted by molar-refractivity contribution is 5.91. The van der Waals surface area contributed by atoms with Gasteiger partial charge >= 0.3 is 12.1 Å². The van der Waals surface area contributed by atoms with Crippen LogP contribution >= 0.6 is 0 Å². The van der Waals surface area contributed by atoms with Gasteiger partial charge in [0.1, 0.15) is 30.1 Å². The van der Waals surface area contributed by atoms with E-state index >= 15 is 4.39 Å². The molecule has 1 aliphatic heterocycles. The van der Waals surface area contributed by atoms with E-state index < -0.39 is 52.9 Å². The largest absolute Gasteiger partial charge is 0.464 e. The quantitative estimate of drug-likeness (QED) is 0.188. The van der Waals surface area contributed by atoms with Gasteiger partial charge < -0.3 is 30.0 Å². The van der Waals surface area contributed by atoms with E-state index in [1.807, 2.05) is 0 Å². The number of morpholine rings is 1. The molecule has 9 nitrogen and oxygen atoms in total. The average Bonchev–Trinajstić information content (AvgIpc) is 3.07. The van der Waals surface area contributed by atoms with Crippen molar-refractivity contribution in [3.05, 3.63) is 106 Å². The van der Waals surface area contributed by atoms with Crippen molar-refractivity contribution in [2.45, 2.75) is 75.7 Å². The molecule has 0 aliphatic carbocycles. The first-order valence-corrected chi connectivity index (χ1v) is 16.2. The number of aliphatic hydroxyl groups is 1. The lowest BCUT2D eigenvalue weighted by molar-refractivity contribution is -0.147. The van der Waals surface area contributed by atoms with E-state index in [1.54, 1.807) is 19.9 Å². The number of nitrogens with one attached hydrogen (secondary N) is 2. The van der Waals surface area contributed by atoms with Crippen LogP contribution in [0.4, 0.5) is 18.0 Å². The second kappa shape index (κ2) is 17.4. The van der Waals surface area contributed by atoms with Crippen molar-refractivity contribution in [2.24, 2.45) is 0 Å². The molecule has 49 heavy (non-hydrogen) atoms. The molecular weight excluding hydrogens is 641 g/mol. The molecule has 3 aromatic rings. The van der Waals surface area contributed by atoms with E-state index in [0.717, 1.165) is 7.11 Å². The molecule has 1 fully saturated rings. The lowest BCUT2D eigenvalue weighted by Gasteiger charge is -2.30. The van der Waals surface area contributed by atoms with Gasteiger partial charge in [-0.2, -0.15) is 0 Å². The van der Waals surface area contributed by atoms with Crippen LogP contribution in [0.5, 0.6) is 0 Å². The molecule has 1 amide bonds. The number of Topliss-reactive ketones (excluding diaryl/α,β-unsaturated/α-hetero) is 1. The second-order valence-corrected chi connectivity index (χ2v) is 12.8. The van der Waals surface area contributed by atoms with Gasteiger partial charge in [0.2, 0.25) is 0 Å². The number of ketones is 1. The van der Waals surface area contributed by atoms with E-state index in [4.69, 9.17) is 14.2 Å². The molecule has 3 aromatic carbocycles. The normalized spacial score (nSPS) is 17.0. The van der Waals surface area contributed by atoms with Crippen LogP contribution in [0, 0.1) is 17.5 Å². The molecule has 0 radical (unpaired) electrons. The first-order chi connectivity index (χ1) is 23.3. The summed E-state index contributed by atoms with van der Waals surface area (Å²) in [6, 6.07) is 13.9. The van der Waals surface area contributed by atoms with Gasteiger partial charge in [0.05, 0.1) is 31.5 Å². The average molecular weight is 685 g/mol. The zero-order valence-corrected chi connectivity index (χ0v) is 27.8. The molecule has 0 aromatic heterocycles. The molecular formula is C37H43F3N2O7. The van der Waals surface area contributed by atoms with Gasteiger partial charge in [-0.05, 0) is 85.7 Å². The zero-order valence-electron chi connectivity index (χ0n) is 27.8. The number of hydrogen-bond donors (Lipinski definition) is 3. The van der Waals surface area contributed by atoms with Crippen LogP contribution in [0.1, 0.15) is 61.3 Å². The number of halogens is 3. The number of carbonyl (C=O) groups is 3. The number of rotatable bonds is 15. The number of methoxy groups -OCH3 is 1. The second-order valence-electron chi connectivity index (χ2n) is 12.8. The Labute approximate surface area is 284 Å². The number of hydrogen-bond acceptors (Lipinski definition) is 8. The summed E-state index contributed by atoms with van der Waals surface area (Å²) in [5, 5.41) is 15.7. The standard InChI is InChI=1S/C37H43F3N2O7/c1-37(2,46)18-17-33(44)49-22-28-21-48-29(20-41-28)15-16-30-25(5-4-6-31(30)40)19-32(43)35(42-36(45)47-3)34(23-7-11-26(38)12-8-23)24-9-13-27(39)14-10-24/h4-14,28-29,34-35,41,46H,15-22H2,1-3H3,(H,42,45)/t28-,29+,35+/m0/s1. The summed E-state index contributed by atoms with van der Waals surface area (Å²) in [6.07, 6.45) is -0.303. The summed E-state index contributed by atoms with van der Waals surface area (Å²) in [4.78, 5) is 38.6. The molecule has 264 valence electrons. The summed E-state index contributed by atoms with van der Waals surface area (Å²) < 4.78 is 59.1. The third-order valence-electron chi connectivity index (χ3n) is 8.45. The van der Waals surface area contributed by atoms with E-state index in [0.29, 0.717) is 35.2 Å². The minimum Gasteiger partial charge on any atom is -0.464 e. The van der Waals surface area contributed by atoms with Crippen LogP contribution in [0.3, 0.4) is 0 Å². The van der Waals surface area contributed by atoms with Gasteiger partial charge in [-0.3, -0.25) is 9.59 Å². The smallest absolute Gasteiger partial charge is 0.407 e. The maximum Gasteiger partial charge on any atom is 0.407 e. The molecule has 1 aliphatic rings. The maximum absolute atomic E-state index is 15.3. The van der Waals surface area contributed by atoms with Crippen LogP contribution in [0.15, 0.2) is 66.7 Å². The highest BCUT2D eigenvalue weighted by Crippen LogP contribution is 2.31.